The van der Waals surface area contributed by atoms with E-state index in [4.69, 9.17) is 10.5 Å². The molecule has 4 rings (SSSR count). The van der Waals surface area contributed by atoms with Crippen molar-refractivity contribution in [3.05, 3.63) is 53.7 Å². The van der Waals surface area contributed by atoms with Gasteiger partial charge in [-0.3, -0.25) is 0 Å². The minimum atomic E-state index is -4.67. The fraction of sp³-hybridized carbons (Fsp3) is 0.467. The maximum atomic E-state index is 13.7. The Kier molecular flexibility index (Phi) is 9.54. The van der Waals surface area contributed by atoms with E-state index in [-0.39, 0.29) is 28.6 Å². The molecule has 1 saturated carbocycles. The number of ether oxygens (including phenoxy) is 1. The van der Waals surface area contributed by atoms with Crippen LogP contribution in [0, 0.1) is 11.8 Å². The second-order valence-electron chi connectivity index (χ2n) is 11.3. The van der Waals surface area contributed by atoms with Crippen molar-refractivity contribution in [3.63, 3.8) is 0 Å². The standard InChI is InChI=1S/C30H34F6N4O3S/c1-39(2)20-11-13-28(37,14-12-20)24-7-4-8-26-23(24)16-21(40(26)18-29(31,32)33)6-5-15-38-25-10-9-22(44(3,41)42)17-27(25)43-19-30(34,35)36/h4,7-10,16-17,20,38H,11-15,18-19,37H2,1-3H3. The van der Waals surface area contributed by atoms with E-state index in [1.165, 1.54) is 12.1 Å². The maximum Gasteiger partial charge on any atom is 0.422 e. The van der Waals surface area contributed by atoms with Gasteiger partial charge in [0.15, 0.2) is 16.4 Å². The first kappa shape index (κ1) is 33.5. The molecule has 7 nitrogen and oxygen atoms in total. The van der Waals surface area contributed by atoms with E-state index in [1.54, 1.807) is 18.2 Å². The molecule has 0 unspecified atom stereocenters. The van der Waals surface area contributed by atoms with Crippen LogP contribution in [-0.2, 0) is 21.9 Å². The normalized spacial score (nSPS) is 19.6. The highest BCUT2D eigenvalue weighted by Gasteiger charge is 2.36. The topological polar surface area (TPSA) is 89.6 Å². The van der Waals surface area contributed by atoms with E-state index in [9.17, 15) is 34.8 Å². The summed E-state index contributed by atoms with van der Waals surface area (Å²) in [5.74, 6) is 5.12. The fourth-order valence-corrected chi connectivity index (χ4v) is 6.14. The van der Waals surface area contributed by atoms with Gasteiger partial charge in [-0.25, -0.2) is 8.42 Å². The number of aromatic nitrogens is 1. The minimum absolute atomic E-state index is 0.0347. The molecule has 0 atom stereocenters. The summed E-state index contributed by atoms with van der Waals surface area (Å²) in [6.07, 6.45) is -5.27. The first-order chi connectivity index (χ1) is 20.4. The van der Waals surface area contributed by atoms with Gasteiger partial charge in [-0.2, -0.15) is 26.3 Å². The van der Waals surface area contributed by atoms with Crippen LogP contribution in [0.2, 0.25) is 0 Å². The first-order valence-corrected chi connectivity index (χ1v) is 15.7. The molecule has 3 aromatic rings. The molecule has 0 radical (unpaired) electrons. The largest absolute Gasteiger partial charge is 0.482 e. The quantitative estimate of drug-likeness (QED) is 0.243. The molecule has 44 heavy (non-hydrogen) atoms. The van der Waals surface area contributed by atoms with E-state index in [0.717, 1.165) is 35.3 Å². The number of nitrogens with two attached hydrogens (primary N) is 1. The van der Waals surface area contributed by atoms with Crippen LogP contribution in [0.3, 0.4) is 0 Å². The Morgan fingerprint density at radius 2 is 1.75 bits per heavy atom. The molecule has 14 heteroatoms. The molecule has 1 aliphatic carbocycles. The number of rotatable bonds is 8. The summed E-state index contributed by atoms with van der Waals surface area (Å²) in [6.45, 7) is -3.12. The van der Waals surface area contributed by atoms with Gasteiger partial charge < -0.3 is 25.3 Å². The zero-order valence-electron chi connectivity index (χ0n) is 24.4. The van der Waals surface area contributed by atoms with Crippen molar-refractivity contribution >= 4 is 26.4 Å². The number of hydrogen-bond acceptors (Lipinski definition) is 6. The monoisotopic (exact) mass is 644 g/mol. The zero-order chi connectivity index (χ0) is 32.5. The van der Waals surface area contributed by atoms with Crippen molar-refractivity contribution in [2.24, 2.45) is 5.73 Å². The van der Waals surface area contributed by atoms with Crippen molar-refractivity contribution in [2.45, 2.75) is 61.1 Å². The Morgan fingerprint density at radius 1 is 1.07 bits per heavy atom. The summed E-state index contributed by atoms with van der Waals surface area (Å²) in [4.78, 5) is 1.90. The van der Waals surface area contributed by atoms with Crippen molar-refractivity contribution in [1.82, 2.24) is 9.47 Å². The number of sulfone groups is 1. The van der Waals surface area contributed by atoms with Crippen molar-refractivity contribution in [2.75, 3.05) is 38.8 Å². The van der Waals surface area contributed by atoms with Gasteiger partial charge in [-0.05, 0) is 75.5 Å². The van der Waals surface area contributed by atoms with Crippen LogP contribution in [0.25, 0.3) is 10.9 Å². The highest BCUT2D eigenvalue weighted by molar-refractivity contribution is 7.90. The molecule has 1 aromatic heterocycles. The molecule has 0 saturated heterocycles. The second-order valence-corrected chi connectivity index (χ2v) is 13.3. The van der Waals surface area contributed by atoms with E-state index in [1.807, 2.05) is 20.2 Å². The van der Waals surface area contributed by atoms with Crippen LogP contribution >= 0.6 is 0 Å². The van der Waals surface area contributed by atoms with E-state index < -0.39 is 40.9 Å². The van der Waals surface area contributed by atoms with Crippen LogP contribution < -0.4 is 15.8 Å². The lowest BCUT2D eigenvalue weighted by Gasteiger charge is -2.40. The maximum absolute atomic E-state index is 13.7. The third-order valence-electron chi connectivity index (χ3n) is 7.75. The molecule has 0 aliphatic heterocycles. The lowest BCUT2D eigenvalue weighted by atomic mass is 9.74. The van der Waals surface area contributed by atoms with Gasteiger partial charge in [0, 0.05) is 34.8 Å². The Labute approximate surface area is 252 Å². The van der Waals surface area contributed by atoms with Crippen LogP contribution in [0.15, 0.2) is 47.4 Å². The summed E-state index contributed by atoms with van der Waals surface area (Å²) in [7, 11) is 0.279. The molecular formula is C30H34F6N4O3S. The Morgan fingerprint density at radius 3 is 2.34 bits per heavy atom. The zero-order valence-corrected chi connectivity index (χ0v) is 25.3. The smallest absolute Gasteiger partial charge is 0.422 e. The number of nitrogens with one attached hydrogen (secondary N) is 1. The molecule has 1 fully saturated rings. The van der Waals surface area contributed by atoms with Gasteiger partial charge in [0.1, 0.15) is 12.3 Å². The van der Waals surface area contributed by atoms with Crippen LogP contribution in [-0.4, -0.2) is 69.8 Å². The number of anilines is 1. The van der Waals surface area contributed by atoms with Crippen molar-refractivity contribution in [3.8, 4) is 17.6 Å². The highest BCUT2D eigenvalue weighted by Crippen LogP contribution is 2.40. The van der Waals surface area contributed by atoms with Crippen LogP contribution in [0.4, 0.5) is 32.0 Å². The highest BCUT2D eigenvalue weighted by atomic mass is 32.2. The number of nitrogens with zero attached hydrogens (tertiary/aromatic N) is 2. The summed E-state index contributed by atoms with van der Waals surface area (Å²) in [5.41, 5.74) is 7.38. The van der Waals surface area contributed by atoms with Gasteiger partial charge in [-0.15, -0.1) is 0 Å². The number of fused-ring (bicyclic) bond motifs is 1. The van der Waals surface area contributed by atoms with Gasteiger partial charge in [0.25, 0.3) is 0 Å². The Bertz CT molecular complexity index is 1660. The van der Waals surface area contributed by atoms with Gasteiger partial charge >= 0.3 is 12.4 Å². The molecule has 1 heterocycles. The number of halogens is 6. The number of benzene rings is 2. The van der Waals surface area contributed by atoms with Gasteiger partial charge in [-0.1, -0.05) is 18.1 Å². The SMILES string of the molecule is CN(C)C1CCC(N)(c2cccc3c2cc(C#CCNc2ccc(S(C)(=O)=O)cc2OCC(F)(F)F)n3CC(F)(F)F)CC1. The lowest BCUT2D eigenvalue weighted by molar-refractivity contribution is -0.153. The molecule has 240 valence electrons. The van der Waals surface area contributed by atoms with Gasteiger partial charge in [0.2, 0.25) is 0 Å². The third-order valence-corrected chi connectivity index (χ3v) is 8.86. The van der Waals surface area contributed by atoms with Crippen molar-refractivity contribution < 1.29 is 39.5 Å². The molecule has 0 bridgehead atoms. The predicted octanol–water partition coefficient (Wildman–Crippen LogP) is 5.67. The Balaban J connectivity index is 1.65. The third kappa shape index (κ3) is 8.19. The fourth-order valence-electron chi connectivity index (χ4n) is 5.51. The van der Waals surface area contributed by atoms with E-state index in [2.05, 4.69) is 22.1 Å². The molecular weight excluding hydrogens is 610 g/mol. The van der Waals surface area contributed by atoms with Gasteiger partial charge in [0.05, 0.1) is 22.8 Å². The van der Waals surface area contributed by atoms with E-state index >= 15 is 0 Å². The minimum Gasteiger partial charge on any atom is -0.482 e. The second kappa shape index (κ2) is 12.5. The molecule has 1 aliphatic rings. The van der Waals surface area contributed by atoms with Crippen LogP contribution in [0.1, 0.15) is 36.9 Å². The number of alkyl halides is 6. The summed E-state index contributed by atoms with van der Waals surface area (Å²) in [6, 6.07) is 10.5. The number of hydrogen-bond donors (Lipinski definition) is 2. The van der Waals surface area contributed by atoms with Crippen molar-refractivity contribution in [1.29, 1.82) is 0 Å². The Hall–Kier alpha value is -3.41. The summed E-state index contributed by atoms with van der Waals surface area (Å²) in [5, 5.41) is 3.35. The molecule has 0 amide bonds. The summed E-state index contributed by atoms with van der Waals surface area (Å²) < 4.78 is 109. The lowest BCUT2D eigenvalue weighted by Crippen LogP contribution is -2.44. The van der Waals surface area contributed by atoms with Crippen LogP contribution in [0.5, 0.6) is 5.75 Å². The molecule has 3 N–H and O–H groups in total. The van der Waals surface area contributed by atoms with E-state index in [0.29, 0.717) is 29.8 Å². The molecule has 0 spiro atoms. The predicted molar refractivity (Wildman–Crippen MR) is 156 cm³/mol. The summed E-state index contributed by atoms with van der Waals surface area (Å²) >= 11 is 0. The molecule has 2 aromatic carbocycles. The average Bonchev–Trinajstić information content (AvgIpc) is 3.25. The average molecular weight is 645 g/mol. The first-order valence-electron chi connectivity index (χ1n) is 13.8.